The Labute approximate surface area is 247 Å². The quantitative estimate of drug-likeness (QED) is 0.143. The van der Waals surface area contributed by atoms with Crippen LogP contribution in [0.3, 0.4) is 0 Å². The molecule has 1 aromatic rings. The maximum Gasteiger partial charge on any atom is 0.331 e. The lowest BCUT2D eigenvalue weighted by Gasteiger charge is -2.65. The van der Waals surface area contributed by atoms with Crippen LogP contribution < -0.4 is 5.43 Å². The Hall–Kier alpha value is -2.02. The van der Waals surface area contributed by atoms with Gasteiger partial charge in [0.2, 0.25) is 0 Å². The fourth-order valence-corrected chi connectivity index (χ4v) is 9.81. The van der Waals surface area contributed by atoms with Crippen molar-refractivity contribution in [3.05, 3.63) is 39.0 Å². The minimum absolute atomic E-state index is 0.0594. The Morgan fingerprint density at radius 2 is 1.90 bits per heavy atom. The van der Waals surface area contributed by atoms with Gasteiger partial charge in [0, 0.05) is 33.1 Å². The number of carbonyl (C=O) groups is 2. The number of rotatable bonds is 4. The third-order valence-corrected chi connectivity index (χ3v) is 12.0. The Balaban J connectivity index is 1.32. The molecule has 1 amide bonds. The number of aromatic hydroxyl groups is 1. The van der Waals surface area contributed by atoms with Gasteiger partial charge in [0.15, 0.2) is 0 Å². The Bertz CT molecular complexity index is 1300. The van der Waals surface area contributed by atoms with Gasteiger partial charge >= 0.3 is 5.97 Å². The van der Waals surface area contributed by atoms with Gasteiger partial charge < -0.3 is 25.2 Å². The van der Waals surface area contributed by atoms with E-state index >= 15 is 0 Å². The van der Waals surface area contributed by atoms with E-state index in [1.807, 2.05) is 0 Å². The summed E-state index contributed by atoms with van der Waals surface area (Å²) in [5, 5.41) is 49.7. The number of halogens is 1. The molecular weight excluding hydrogens is 627 g/mol. The first kappa shape index (κ1) is 28.1. The predicted octanol–water partition coefficient (Wildman–Crippen LogP) is 3.43. The molecule has 0 radical (unpaired) electrons. The van der Waals surface area contributed by atoms with Gasteiger partial charge in [-0.25, -0.2) is 10.2 Å². The number of amides is 1. The zero-order valence-electron chi connectivity index (χ0n) is 22.6. The van der Waals surface area contributed by atoms with Crippen LogP contribution in [0, 0.1) is 32.2 Å². The first-order valence-electron chi connectivity index (χ1n) is 14.3. The minimum Gasteiger partial charge on any atom is -0.507 e. The number of hydrazone groups is 1. The molecule has 8 atom stereocenters. The van der Waals surface area contributed by atoms with Crippen LogP contribution in [0.4, 0.5) is 0 Å². The highest BCUT2D eigenvalue weighted by molar-refractivity contribution is 14.1. The zero-order chi connectivity index (χ0) is 28.5. The highest BCUT2D eigenvalue weighted by atomic mass is 127. The van der Waals surface area contributed by atoms with Gasteiger partial charge in [0.1, 0.15) is 12.4 Å². The number of phenols is 1. The molecule has 10 heteroatoms. The molecule has 1 heterocycles. The Morgan fingerprint density at radius 3 is 2.65 bits per heavy atom. The fraction of sp³-hybridized carbons (Fsp3) is 0.633. The summed E-state index contributed by atoms with van der Waals surface area (Å²) in [5.74, 6) is -1.16. The number of aliphatic hydroxyl groups excluding tert-OH is 1. The summed E-state index contributed by atoms with van der Waals surface area (Å²) in [4.78, 5) is 24.7. The molecule has 1 aromatic carbocycles. The van der Waals surface area contributed by atoms with Gasteiger partial charge in [0.25, 0.3) is 5.91 Å². The van der Waals surface area contributed by atoms with E-state index in [2.05, 4.69) is 40.0 Å². The summed E-state index contributed by atoms with van der Waals surface area (Å²) < 4.78 is 6.02. The van der Waals surface area contributed by atoms with E-state index in [1.165, 1.54) is 6.07 Å². The SMILES string of the molecule is C[C@]12CC[C@H]3[C@@H](CC[C@]4(O)C[C@H](O)CC[C@]34/C=N\NC(=O)c3cc(I)ccc3O)[C@]1(O)CC[C@@H]2C1=CC(=O)OC1. The Kier molecular flexibility index (Phi) is 6.87. The largest absolute Gasteiger partial charge is 0.507 e. The summed E-state index contributed by atoms with van der Waals surface area (Å²) >= 11 is 2.07. The highest BCUT2D eigenvalue weighted by Crippen LogP contribution is 2.70. The second kappa shape index (κ2) is 9.78. The Morgan fingerprint density at radius 1 is 1.12 bits per heavy atom. The number of aliphatic hydroxyl groups is 3. The fourth-order valence-electron chi connectivity index (χ4n) is 9.32. The van der Waals surface area contributed by atoms with Crippen molar-refractivity contribution in [2.45, 2.75) is 82.0 Å². The summed E-state index contributed by atoms with van der Waals surface area (Å²) in [6.07, 6.45) is 7.74. The maximum atomic E-state index is 12.9. The van der Waals surface area contributed by atoms with Crippen LogP contribution in [0.5, 0.6) is 5.75 Å². The number of phenolic OH excluding ortho intramolecular Hbond substituents is 1. The normalized spacial score (nSPS) is 42.5. The number of hydrogen-bond acceptors (Lipinski definition) is 8. The van der Waals surface area contributed by atoms with Gasteiger partial charge in [-0.1, -0.05) is 6.92 Å². The predicted molar refractivity (Wildman–Crippen MR) is 154 cm³/mol. The van der Waals surface area contributed by atoms with Crippen molar-refractivity contribution in [2.24, 2.45) is 33.7 Å². The third kappa shape index (κ3) is 4.07. The summed E-state index contributed by atoms with van der Waals surface area (Å²) in [5.41, 5.74) is 0.165. The molecule has 216 valence electrons. The molecule has 4 saturated carbocycles. The molecule has 9 nitrogen and oxygen atoms in total. The van der Waals surface area contributed by atoms with E-state index in [9.17, 15) is 30.0 Å². The number of esters is 1. The molecule has 1 aliphatic heterocycles. The molecule has 0 spiro atoms. The lowest BCUT2D eigenvalue weighted by Crippen LogP contribution is -2.68. The number of hydrogen-bond donors (Lipinski definition) is 5. The molecule has 40 heavy (non-hydrogen) atoms. The van der Waals surface area contributed by atoms with Gasteiger partial charge in [-0.05, 0) is 115 Å². The van der Waals surface area contributed by atoms with E-state index in [-0.39, 0.29) is 48.1 Å². The van der Waals surface area contributed by atoms with Crippen LogP contribution in [0.1, 0.15) is 75.1 Å². The second-order valence-electron chi connectivity index (χ2n) is 12.9. The summed E-state index contributed by atoms with van der Waals surface area (Å²) in [6, 6.07) is 4.74. The van der Waals surface area contributed by atoms with Crippen molar-refractivity contribution < 1.29 is 34.8 Å². The van der Waals surface area contributed by atoms with Crippen molar-refractivity contribution in [1.29, 1.82) is 0 Å². The van der Waals surface area contributed by atoms with Crippen molar-refractivity contribution in [2.75, 3.05) is 6.61 Å². The monoisotopic (exact) mass is 664 g/mol. The standard InChI is InChI=1S/C30H37IN2O7/c1-27-8-5-22-23(30(27,39)11-7-21(27)17-12-25(36)40-15-17)6-10-29(38)14-19(34)4-9-28(22,29)16-32-33-26(37)20-13-18(31)2-3-24(20)35/h2-3,12-13,16,19,21-23,34-35,38-39H,4-11,14-15H2,1H3,(H,33,37)/b32-16-/t19-,21-,22+,23-,27-,28+,29+,30-/m1/s1. The molecular formula is C30H37IN2O7. The lowest BCUT2D eigenvalue weighted by molar-refractivity contribution is -0.237. The third-order valence-electron chi connectivity index (χ3n) is 11.3. The molecule has 0 saturated heterocycles. The van der Waals surface area contributed by atoms with Gasteiger partial charge in [0.05, 0.1) is 22.9 Å². The molecule has 4 fully saturated rings. The first-order valence-corrected chi connectivity index (χ1v) is 15.3. The average Bonchev–Trinajstić information content (AvgIpc) is 3.45. The zero-order valence-corrected chi connectivity index (χ0v) is 24.8. The lowest BCUT2D eigenvalue weighted by atomic mass is 9.41. The number of benzene rings is 1. The smallest absolute Gasteiger partial charge is 0.331 e. The van der Waals surface area contributed by atoms with E-state index in [0.29, 0.717) is 32.1 Å². The molecule has 0 unspecified atom stereocenters. The van der Waals surface area contributed by atoms with E-state index in [0.717, 1.165) is 28.4 Å². The van der Waals surface area contributed by atoms with Crippen LogP contribution in [0.25, 0.3) is 0 Å². The van der Waals surface area contributed by atoms with E-state index in [1.54, 1.807) is 24.4 Å². The highest BCUT2D eigenvalue weighted by Gasteiger charge is 2.71. The van der Waals surface area contributed by atoms with Gasteiger partial charge in [-0.15, -0.1) is 0 Å². The van der Waals surface area contributed by atoms with Crippen molar-refractivity contribution in [3.8, 4) is 5.75 Å². The van der Waals surface area contributed by atoms with Crippen LogP contribution in [0.15, 0.2) is 34.9 Å². The van der Waals surface area contributed by atoms with Gasteiger partial charge in [-0.2, -0.15) is 5.10 Å². The molecule has 4 aliphatic carbocycles. The summed E-state index contributed by atoms with van der Waals surface area (Å²) in [7, 11) is 0. The van der Waals surface area contributed by atoms with Crippen LogP contribution in [-0.2, 0) is 9.53 Å². The number of cyclic esters (lactones) is 1. The topological polar surface area (TPSA) is 149 Å². The minimum atomic E-state index is -1.22. The van der Waals surface area contributed by atoms with Crippen molar-refractivity contribution >= 4 is 40.7 Å². The molecule has 5 aliphatic rings. The first-order chi connectivity index (χ1) is 18.9. The van der Waals surface area contributed by atoms with Crippen LogP contribution in [0.2, 0.25) is 0 Å². The molecule has 0 bridgehead atoms. The number of carbonyl (C=O) groups excluding carboxylic acids is 2. The van der Waals surface area contributed by atoms with E-state index < -0.39 is 34.0 Å². The van der Waals surface area contributed by atoms with Crippen LogP contribution in [-0.4, -0.2) is 62.4 Å². The van der Waals surface area contributed by atoms with Crippen LogP contribution >= 0.6 is 22.6 Å². The number of ether oxygens (including phenoxy) is 1. The van der Waals surface area contributed by atoms with E-state index in [4.69, 9.17) is 4.74 Å². The number of nitrogens with one attached hydrogen (secondary N) is 1. The maximum absolute atomic E-state index is 12.9. The molecule has 6 rings (SSSR count). The van der Waals surface area contributed by atoms with Crippen molar-refractivity contribution in [1.82, 2.24) is 5.43 Å². The molecule has 5 N–H and O–H groups in total. The van der Waals surface area contributed by atoms with Gasteiger partial charge in [-0.3, -0.25) is 4.79 Å². The average molecular weight is 665 g/mol. The number of fused-ring (bicyclic) bond motifs is 5. The number of nitrogens with zero attached hydrogens (tertiary/aromatic N) is 1. The molecule has 0 aromatic heterocycles. The summed E-state index contributed by atoms with van der Waals surface area (Å²) in [6.45, 7) is 2.43. The second-order valence-corrected chi connectivity index (χ2v) is 14.1. The van der Waals surface area contributed by atoms with Crippen molar-refractivity contribution in [3.63, 3.8) is 0 Å².